The van der Waals surface area contributed by atoms with E-state index in [0.29, 0.717) is 5.92 Å². The summed E-state index contributed by atoms with van der Waals surface area (Å²) in [5.41, 5.74) is 0. The molecule has 0 radical (unpaired) electrons. The summed E-state index contributed by atoms with van der Waals surface area (Å²) in [6.45, 7) is 8.31. The van der Waals surface area contributed by atoms with Gasteiger partial charge in [0.1, 0.15) is 0 Å². The lowest BCUT2D eigenvalue weighted by atomic mass is 9.93. The fourth-order valence-electron chi connectivity index (χ4n) is 1.68. The number of hydrogen-bond donors (Lipinski definition) is 0. The first-order valence-corrected chi connectivity index (χ1v) is 5.75. The van der Waals surface area contributed by atoms with E-state index in [1.807, 2.05) is 6.08 Å². The molecular formula is C13H24O. The second-order valence-electron chi connectivity index (χ2n) is 4.43. The van der Waals surface area contributed by atoms with E-state index in [-0.39, 0.29) is 5.78 Å². The molecule has 0 N–H and O–H groups in total. The van der Waals surface area contributed by atoms with E-state index in [2.05, 4.69) is 20.8 Å². The summed E-state index contributed by atoms with van der Waals surface area (Å²) in [6.07, 6.45) is 8.84. The van der Waals surface area contributed by atoms with Crippen LogP contribution in [-0.4, -0.2) is 5.78 Å². The molecule has 0 saturated carbocycles. The fourth-order valence-corrected chi connectivity index (χ4v) is 1.68. The highest BCUT2D eigenvalue weighted by atomic mass is 16.1. The van der Waals surface area contributed by atoms with E-state index >= 15 is 0 Å². The van der Waals surface area contributed by atoms with Crippen LogP contribution in [0.4, 0.5) is 0 Å². The maximum absolute atomic E-state index is 10.7. The summed E-state index contributed by atoms with van der Waals surface area (Å²) in [7, 11) is 0. The predicted octanol–water partition coefficient (Wildman–Crippen LogP) is 3.98. The minimum Gasteiger partial charge on any atom is -0.295 e. The second-order valence-corrected chi connectivity index (χ2v) is 4.43. The third-order valence-corrected chi connectivity index (χ3v) is 2.48. The van der Waals surface area contributed by atoms with Gasteiger partial charge in [-0.15, -0.1) is 0 Å². The molecule has 1 heteroatoms. The molecule has 0 rings (SSSR count). The van der Waals surface area contributed by atoms with E-state index in [1.54, 1.807) is 13.0 Å². The summed E-state index contributed by atoms with van der Waals surface area (Å²) in [5.74, 6) is 1.46. The number of hydrogen-bond acceptors (Lipinski definition) is 1. The highest BCUT2D eigenvalue weighted by Crippen LogP contribution is 2.18. The fraction of sp³-hybridized carbons (Fsp3) is 0.769. The van der Waals surface area contributed by atoms with Crippen molar-refractivity contribution in [2.45, 2.75) is 53.4 Å². The van der Waals surface area contributed by atoms with Crippen LogP contribution in [0.1, 0.15) is 53.4 Å². The van der Waals surface area contributed by atoms with Gasteiger partial charge in [-0.1, -0.05) is 46.1 Å². The summed E-state index contributed by atoms with van der Waals surface area (Å²) in [5, 5.41) is 0. The van der Waals surface area contributed by atoms with Crippen LogP contribution < -0.4 is 0 Å². The largest absolute Gasteiger partial charge is 0.295 e. The van der Waals surface area contributed by atoms with Crippen LogP contribution in [-0.2, 0) is 4.79 Å². The van der Waals surface area contributed by atoms with Crippen molar-refractivity contribution in [2.24, 2.45) is 11.8 Å². The van der Waals surface area contributed by atoms with E-state index in [4.69, 9.17) is 0 Å². The summed E-state index contributed by atoms with van der Waals surface area (Å²) < 4.78 is 0. The normalized spacial score (nSPS) is 15.7. The van der Waals surface area contributed by atoms with Gasteiger partial charge in [-0.25, -0.2) is 0 Å². The number of ketones is 1. The molecule has 0 aromatic heterocycles. The van der Waals surface area contributed by atoms with Crippen LogP contribution in [0.5, 0.6) is 0 Å². The van der Waals surface area contributed by atoms with Gasteiger partial charge >= 0.3 is 0 Å². The smallest absolute Gasteiger partial charge is 0.152 e. The molecule has 2 atom stereocenters. The first kappa shape index (κ1) is 13.4. The van der Waals surface area contributed by atoms with Gasteiger partial charge in [-0.05, 0) is 31.3 Å². The van der Waals surface area contributed by atoms with Crippen LogP contribution in [0.25, 0.3) is 0 Å². The molecule has 0 saturated heterocycles. The van der Waals surface area contributed by atoms with Crippen LogP contribution in [0.2, 0.25) is 0 Å². The Bertz CT molecular complexity index is 182. The molecule has 0 aliphatic heterocycles. The Morgan fingerprint density at radius 2 is 2.00 bits per heavy atom. The minimum atomic E-state index is 0.151. The molecule has 0 aliphatic carbocycles. The maximum atomic E-state index is 10.7. The van der Waals surface area contributed by atoms with E-state index in [1.165, 1.54) is 25.7 Å². The van der Waals surface area contributed by atoms with Gasteiger partial charge in [-0.2, -0.15) is 0 Å². The molecule has 0 aliphatic rings. The number of rotatable bonds is 7. The lowest BCUT2D eigenvalue weighted by Crippen LogP contribution is -2.01. The average Bonchev–Trinajstić information content (AvgIpc) is 2.11. The Balaban J connectivity index is 3.70. The summed E-state index contributed by atoms with van der Waals surface area (Å²) in [6, 6.07) is 0. The summed E-state index contributed by atoms with van der Waals surface area (Å²) >= 11 is 0. The molecular weight excluding hydrogens is 172 g/mol. The van der Waals surface area contributed by atoms with Gasteiger partial charge in [0, 0.05) is 0 Å². The molecule has 0 bridgehead atoms. The lowest BCUT2D eigenvalue weighted by molar-refractivity contribution is -0.112. The highest BCUT2D eigenvalue weighted by molar-refractivity contribution is 5.87. The average molecular weight is 196 g/mol. The molecule has 0 aromatic rings. The topological polar surface area (TPSA) is 17.1 Å². The lowest BCUT2D eigenvalue weighted by Gasteiger charge is -2.13. The molecule has 1 nitrogen and oxygen atoms in total. The molecule has 0 fully saturated rings. The third-order valence-electron chi connectivity index (χ3n) is 2.48. The van der Waals surface area contributed by atoms with Crippen LogP contribution in [0.3, 0.4) is 0 Å². The van der Waals surface area contributed by atoms with Gasteiger partial charge < -0.3 is 0 Å². The van der Waals surface area contributed by atoms with E-state index < -0.39 is 0 Å². The molecule has 0 amide bonds. The van der Waals surface area contributed by atoms with Crippen molar-refractivity contribution in [3.8, 4) is 0 Å². The Morgan fingerprint density at radius 3 is 2.50 bits per heavy atom. The number of allylic oxidation sites excluding steroid dienone is 2. The molecule has 14 heavy (non-hydrogen) atoms. The standard InChI is InChI=1S/C13H24O/c1-5-6-7-11(2)10-12(3)8-9-13(4)14/h8-9,11-12H,5-7,10H2,1-4H3/b9-8+. The van der Waals surface area contributed by atoms with Crippen LogP contribution in [0, 0.1) is 11.8 Å². The predicted molar refractivity (Wildman–Crippen MR) is 62.3 cm³/mol. The van der Waals surface area contributed by atoms with E-state index in [9.17, 15) is 4.79 Å². The van der Waals surface area contributed by atoms with Crippen molar-refractivity contribution >= 4 is 5.78 Å². The Hall–Kier alpha value is -0.590. The number of carbonyl (C=O) groups excluding carboxylic acids is 1. The van der Waals surface area contributed by atoms with Crippen molar-refractivity contribution < 1.29 is 4.79 Å². The zero-order valence-corrected chi connectivity index (χ0v) is 10.0. The third kappa shape index (κ3) is 8.03. The second kappa shape index (κ2) is 7.78. The number of carbonyl (C=O) groups is 1. The van der Waals surface area contributed by atoms with Crippen molar-refractivity contribution in [1.29, 1.82) is 0 Å². The van der Waals surface area contributed by atoms with Crippen molar-refractivity contribution in [2.75, 3.05) is 0 Å². The maximum Gasteiger partial charge on any atom is 0.152 e. The zero-order valence-electron chi connectivity index (χ0n) is 10.0. The van der Waals surface area contributed by atoms with Crippen molar-refractivity contribution in [3.63, 3.8) is 0 Å². The minimum absolute atomic E-state index is 0.151. The summed E-state index contributed by atoms with van der Waals surface area (Å²) in [4.78, 5) is 10.7. The van der Waals surface area contributed by atoms with Crippen LogP contribution in [0.15, 0.2) is 12.2 Å². The van der Waals surface area contributed by atoms with Gasteiger partial charge in [0.2, 0.25) is 0 Å². The first-order chi connectivity index (χ1) is 6.56. The zero-order chi connectivity index (χ0) is 11.0. The monoisotopic (exact) mass is 196 g/mol. The molecule has 0 heterocycles. The molecule has 82 valence electrons. The van der Waals surface area contributed by atoms with Crippen LogP contribution >= 0.6 is 0 Å². The highest BCUT2D eigenvalue weighted by Gasteiger charge is 2.05. The number of unbranched alkanes of at least 4 members (excludes halogenated alkanes) is 1. The quantitative estimate of drug-likeness (QED) is 0.563. The van der Waals surface area contributed by atoms with E-state index in [0.717, 1.165) is 5.92 Å². The Labute approximate surface area is 88.6 Å². The van der Waals surface area contributed by atoms with Gasteiger partial charge in [0.15, 0.2) is 5.78 Å². The molecule has 0 aromatic carbocycles. The van der Waals surface area contributed by atoms with Gasteiger partial charge in [0.25, 0.3) is 0 Å². The molecule has 2 unspecified atom stereocenters. The first-order valence-electron chi connectivity index (χ1n) is 5.75. The van der Waals surface area contributed by atoms with Crippen molar-refractivity contribution in [3.05, 3.63) is 12.2 Å². The molecule has 0 spiro atoms. The Morgan fingerprint density at radius 1 is 1.36 bits per heavy atom. The van der Waals surface area contributed by atoms with Gasteiger partial charge in [0.05, 0.1) is 0 Å². The Kier molecular flexibility index (Phi) is 7.45. The van der Waals surface area contributed by atoms with Crippen molar-refractivity contribution in [1.82, 2.24) is 0 Å². The SMILES string of the molecule is CCCCC(C)CC(C)/C=C/C(C)=O. The van der Waals surface area contributed by atoms with Gasteiger partial charge in [-0.3, -0.25) is 4.79 Å².